The van der Waals surface area contributed by atoms with Crippen molar-refractivity contribution in [1.29, 1.82) is 0 Å². The maximum atomic E-state index is 2.41. The first-order chi connectivity index (χ1) is 36.2. The Bertz CT molecular complexity index is 4280. The highest BCUT2D eigenvalue weighted by atomic mass is 32.1. The molecule has 0 aliphatic carbocycles. The monoisotopic (exact) mass is 946 g/mol. The lowest BCUT2D eigenvalue weighted by Crippen LogP contribution is -2.10. The number of nitrogens with zero attached hydrogens (tertiary/aromatic N) is 2. The molecule has 0 radical (unpaired) electrons. The topological polar surface area (TPSA) is 6.48 Å². The average Bonchev–Trinajstić information content (AvgIpc) is 3.85. The molecule has 0 bridgehead atoms. The summed E-state index contributed by atoms with van der Waals surface area (Å²) in [5, 5.41) is 12.6. The Morgan fingerprint density at radius 1 is 0.205 bits per heavy atom. The maximum absolute atomic E-state index is 2.41. The number of para-hydroxylation sites is 2. The van der Waals surface area contributed by atoms with E-state index in [1.54, 1.807) is 0 Å². The van der Waals surface area contributed by atoms with E-state index in [-0.39, 0.29) is 0 Å². The predicted molar refractivity (Wildman–Crippen MR) is 315 cm³/mol. The third-order valence-electron chi connectivity index (χ3n) is 14.6. The van der Waals surface area contributed by atoms with Gasteiger partial charge in [-0.2, -0.15) is 0 Å². The van der Waals surface area contributed by atoms with Crippen LogP contribution in [0.3, 0.4) is 0 Å². The van der Waals surface area contributed by atoms with Gasteiger partial charge in [-0.25, -0.2) is 0 Å². The number of anilines is 6. The van der Waals surface area contributed by atoms with Crippen molar-refractivity contribution in [3.63, 3.8) is 0 Å². The minimum atomic E-state index is 1.08. The van der Waals surface area contributed by atoms with Crippen molar-refractivity contribution in [1.82, 2.24) is 0 Å². The van der Waals surface area contributed by atoms with Crippen molar-refractivity contribution in [2.24, 2.45) is 0 Å². The zero-order chi connectivity index (χ0) is 48.2. The van der Waals surface area contributed by atoms with Gasteiger partial charge < -0.3 is 9.80 Å². The Kier molecular flexibility index (Phi) is 10.4. The molecule has 0 atom stereocenters. The highest BCUT2D eigenvalue weighted by Gasteiger charge is 2.20. The van der Waals surface area contributed by atoms with E-state index in [2.05, 4.69) is 289 Å². The van der Waals surface area contributed by atoms with Crippen molar-refractivity contribution < 1.29 is 0 Å². The third kappa shape index (κ3) is 7.49. The number of rotatable bonds is 9. The number of benzene rings is 13. The second-order valence-electron chi connectivity index (χ2n) is 18.8. The molecule has 1 aromatic heterocycles. The molecule has 0 saturated carbocycles. The first kappa shape index (κ1) is 42.6. The SMILES string of the molecule is c1ccc(N(c2ccccc2)c2ccc(-c3ccc(N(c4ccc(-c5ccc(-c6ccc7sc8ccccc8c7c6)cc5)cc4)c4ccc5c6ccccc6c6ccccc6c5c4)cc3)c3ccccc23)cc1. The Hall–Kier alpha value is -9.28. The van der Waals surface area contributed by atoms with Crippen LogP contribution < -0.4 is 9.80 Å². The van der Waals surface area contributed by atoms with Gasteiger partial charge in [-0.1, -0.05) is 194 Å². The summed E-state index contributed by atoms with van der Waals surface area (Å²) in [4.78, 5) is 4.76. The minimum Gasteiger partial charge on any atom is -0.310 e. The third-order valence-corrected chi connectivity index (χ3v) is 15.8. The van der Waals surface area contributed by atoms with Gasteiger partial charge in [0, 0.05) is 54.0 Å². The van der Waals surface area contributed by atoms with Crippen molar-refractivity contribution >= 4 is 109 Å². The van der Waals surface area contributed by atoms with Gasteiger partial charge in [0.25, 0.3) is 0 Å². The summed E-state index contributed by atoms with van der Waals surface area (Å²) in [6, 6.07) is 102. The first-order valence-corrected chi connectivity index (χ1v) is 25.8. The van der Waals surface area contributed by atoms with Gasteiger partial charge in [0.05, 0.1) is 5.69 Å². The summed E-state index contributed by atoms with van der Waals surface area (Å²) in [5.74, 6) is 0. The molecule has 73 heavy (non-hydrogen) atoms. The number of thiophene rings is 1. The van der Waals surface area contributed by atoms with E-state index in [0.29, 0.717) is 0 Å². The Morgan fingerprint density at radius 3 is 1.22 bits per heavy atom. The molecule has 13 aromatic carbocycles. The maximum Gasteiger partial charge on any atom is 0.0540 e. The summed E-state index contributed by atoms with van der Waals surface area (Å²) >= 11 is 1.86. The van der Waals surface area contributed by atoms with Crippen LogP contribution in [0.15, 0.2) is 279 Å². The lowest BCUT2D eigenvalue weighted by atomic mass is 9.93. The van der Waals surface area contributed by atoms with E-state index in [9.17, 15) is 0 Å². The summed E-state index contributed by atoms with van der Waals surface area (Å²) in [6.45, 7) is 0. The zero-order valence-electron chi connectivity index (χ0n) is 39.9. The largest absolute Gasteiger partial charge is 0.310 e. The van der Waals surface area contributed by atoms with Gasteiger partial charge in [0.1, 0.15) is 0 Å². The number of hydrogen-bond acceptors (Lipinski definition) is 3. The summed E-state index contributed by atoms with van der Waals surface area (Å²) in [7, 11) is 0. The minimum absolute atomic E-state index is 1.08. The van der Waals surface area contributed by atoms with Gasteiger partial charge in [0.15, 0.2) is 0 Å². The Morgan fingerprint density at radius 2 is 0.616 bits per heavy atom. The first-order valence-electron chi connectivity index (χ1n) is 25.0. The van der Waals surface area contributed by atoms with Gasteiger partial charge in [0.2, 0.25) is 0 Å². The summed E-state index contributed by atoms with van der Waals surface area (Å²) in [6.07, 6.45) is 0. The standard InChI is InChI=1S/C70H46N2S/c1-3-15-52(16-4-1)72(53-17-5-2-6-18-53)68-43-42-57(58-19-11-12-24-64(58)68)50-33-38-55(39-34-50)71(56-40-41-63-61-22-8-7-20-59(61)60-21-9-10-23-62(60)66(63)46-56)54-36-31-48(32-37-54)47-27-29-49(30-28-47)51-35-44-70-67(45-51)65-25-13-14-26-69(65)73-70/h1-46H. The fraction of sp³-hybridized carbons (Fsp3) is 0. The molecule has 3 heteroatoms. The molecule has 0 amide bonds. The molecule has 0 aliphatic heterocycles. The molecule has 2 nitrogen and oxygen atoms in total. The lowest BCUT2D eigenvalue weighted by molar-refractivity contribution is 1.29. The van der Waals surface area contributed by atoms with Crippen LogP contribution in [-0.4, -0.2) is 0 Å². The predicted octanol–water partition coefficient (Wildman–Crippen LogP) is 20.6. The van der Waals surface area contributed by atoms with Crippen LogP contribution in [0.2, 0.25) is 0 Å². The van der Waals surface area contributed by atoms with Crippen molar-refractivity contribution in [2.75, 3.05) is 9.80 Å². The number of fused-ring (bicyclic) bond motifs is 10. The normalized spacial score (nSPS) is 11.6. The van der Waals surface area contributed by atoms with Crippen molar-refractivity contribution in [3.05, 3.63) is 279 Å². The molecule has 0 aliphatic rings. The molecule has 342 valence electrons. The van der Waals surface area contributed by atoms with Crippen molar-refractivity contribution in [3.8, 4) is 33.4 Å². The molecular formula is C70H46N2S. The average molecular weight is 947 g/mol. The molecule has 1 heterocycles. The molecular weight excluding hydrogens is 901 g/mol. The smallest absolute Gasteiger partial charge is 0.0540 e. The second kappa shape index (κ2) is 17.8. The van der Waals surface area contributed by atoms with Crippen LogP contribution in [0.1, 0.15) is 0 Å². The summed E-state index contributed by atoms with van der Waals surface area (Å²) in [5.41, 5.74) is 13.8. The van der Waals surface area contributed by atoms with Crippen molar-refractivity contribution in [2.45, 2.75) is 0 Å². The highest BCUT2D eigenvalue weighted by molar-refractivity contribution is 7.25. The Labute approximate surface area is 428 Å². The van der Waals surface area contributed by atoms with E-state index < -0.39 is 0 Å². The number of hydrogen-bond donors (Lipinski definition) is 0. The molecule has 0 spiro atoms. The molecule has 0 N–H and O–H groups in total. The summed E-state index contributed by atoms with van der Waals surface area (Å²) < 4.78 is 2.66. The van der Waals surface area contributed by atoms with Crippen LogP contribution in [0.25, 0.3) is 96.6 Å². The van der Waals surface area contributed by atoms with E-state index in [4.69, 9.17) is 0 Å². The van der Waals surface area contributed by atoms with Crippen LogP contribution in [0.5, 0.6) is 0 Å². The molecule has 0 unspecified atom stereocenters. The fourth-order valence-electron chi connectivity index (χ4n) is 11.1. The van der Waals surface area contributed by atoms with Crippen LogP contribution in [0, 0.1) is 0 Å². The van der Waals surface area contributed by atoms with Gasteiger partial charge in [-0.15, -0.1) is 11.3 Å². The van der Waals surface area contributed by atoms with E-state index in [1.165, 1.54) is 91.1 Å². The lowest BCUT2D eigenvalue weighted by Gasteiger charge is -2.28. The fourth-order valence-corrected chi connectivity index (χ4v) is 12.2. The van der Waals surface area contributed by atoms with Gasteiger partial charge >= 0.3 is 0 Å². The molecule has 14 aromatic rings. The van der Waals surface area contributed by atoms with E-state index in [0.717, 1.165) is 39.7 Å². The quantitative estimate of drug-likeness (QED) is 0.133. The second-order valence-corrected chi connectivity index (χ2v) is 19.9. The van der Waals surface area contributed by atoms with Gasteiger partial charge in [-0.3, -0.25) is 0 Å². The van der Waals surface area contributed by atoms with Crippen LogP contribution in [0.4, 0.5) is 34.1 Å². The van der Waals surface area contributed by atoms with E-state index in [1.807, 2.05) is 11.3 Å². The van der Waals surface area contributed by atoms with E-state index >= 15 is 0 Å². The zero-order valence-corrected chi connectivity index (χ0v) is 40.7. The Balaban J connectivity index is 0.852. The van der Waals surface area contributed by atoms with Gasteiger partial charge in [-0.05, 0) is 156 Å². The molecule has 0 fully saturated rings. The van der Waals surface area contributed by atoms with Crippen LogP contribution >= 0.6 is 11.3 Å². The molecule has 0 saturated heterocycles. The van der Waals surface area contributed by atoms with Crippen LogP contribution in [-0.2, 0) is 0 Å². The molecule has 14 rings (SSSR count). The highest BCUT2D eigenvalue weighted by Crippen LogP contribution is 2.45.